The van der Waals surface area contributed by atoms with Gasteiger partial charge in [-0.15, -0.1) is 11.3 Å². The van der Waals surface area contributed by atoms with Crippen LogP contribution in [0.3, 0.4) is 0 Å². The van der Waals surface area contributed by atoms with Crippen molar-refractivity contribution < 1.29 is 13.2 Å². The molecule has 0 unspecified atom stereocenters. The summed E-state index contributed by atoms with van der Waals surface area (Å²) in [5, 5.41) is 2.44. The van der Waals surface area contributed by atoms with Crippen molar-refractivity contribution in [3.05, 3.63) is 57.2 Å². The molecule has 1 saturated heterocycles. The average Bonchev–Trinajstić information content (AvgIpc) is 3.11. The molecule has 8 heteroatoms. The van der Waals surface area contributed by atoms with Crippen LogP contribution in [0.2, 0.25) is 5.02 Å². The molecule has 0 saturated carbocycles. The number of carbonyl (C=O) groups is 1. The van der Waals surface area contributed by atoms with Crippen LogP contribution in [0.15, 0.2) is 41.8 Å². The lowest BCUT2D eigenvalue weighted by atomic mass is 10.2. The van der Waals surface area contributed by atoms with Crippen LogP contribution in [0.5, 0.6) is 0 Å². The number of carbonyl (C=O) groups excluding carboxylic acids is 1. The maximum absolute atomic E-state index is 12.5. The topological polar surface area (TPSA) is 57.7 Å². The Kier molecular flexibility index (Phi) is 5.24. The van der Waals surface area contributed by atoms with Gasteiger partial charge in [0.2, 0.25) is 10.0 Å². The molecule has 5 nitrogen and oxygen atoms in total. The van der Waals surface area contributed by atoms with Crippen molar-refractivity contribution in [3.8, 4) is 0 Å². The number of halogens is 1. The number of hydrogen-bond donors (Lipinski definition) is 0. The highest BCUT2D eigenvalue weighted by molar-refractivity contribution is 7.88. The Morgan fingerprint density at radius 1 is 1.08 bits per heavy atom. The van der Waals surface area contributed by atoms with Gasteiger partial charge >= 0.3 is 0 Å². The second kappa shape index (κ2) is 7.23. The second-order valence-corrected chi connectivity index (χ2v) is 8.90. The van der Waals surface area contributed by atoms with Crippen LogP contribution in [-0.4, -0.2) is 49.7 Å². The van der Waals surface area contributed by atoms with Gasteiger partial charge in [-0.1, -0.05) is 29.8 Å². The molecule has 0 spiro atoms. The first-order valence-corrected chi connectivity index (χ1v) is 10.4. The zero-order chi connectivity index (χ0) is 17.2. The molecule has 0 bridgehead atoms. The molecule has 0 atom stereocenters. The third-order valence-electron chi connectivity index (χ3n) is 3.91. The van der Waals surface area contributed by atoms with E-state index in [9.17, 15) is 13.2 Å². The van der Waals surface area contributed by atoms with E-state index >= 15 is 0 Å². The van der Waals surface area contributed by atoms with E-state index in [4.69, 9.17) is 11.6 Å². The Morgan fingerprint density at radius 2 is 1.75 bits per heavy atom. The van der Waals surface area contributed by atoms with E-state index in [1.807, 2.05) is 11.4 Å². The van der Waals surface area contributed by atoms with Crippen LogP contribution in [0, 0.1) is 0 Å². The van der Waals surface area contributed by atoms with Crippen LogP contribution in [0.25, 0.3) is 0 Å². The maximum atomic E-state index is 12.5. The zero-order valence-electron chi connectivity index (χ0n) is 12.9. The summed E-state index contributed by atoms with van der Waals surface area (Å²) in [6, 6.07) is 10.4. The molecule has 0 N–H and O–H groups in total. The van der Waals surface area contributed by atoms with Gasteiger partial charge in [-0.2, -0.15) is 4.31 Å². The Balaban J connectivity index is 1.61. The molecule has 0 aliphatic carbocycles. The van der Waals surface area contributed by atoms with E-state index in [-0.39, 0.29) is 11.7 Å². The molecule has 2 aromatic rings. The summed E-state index contributed by atoms with van der Waals surface area (Å²) in [7, 11) is -3.40. The van der Waals surface area contributed by atoms with Crippen molar-refractivity contribution in [1.29, 1.82) is 0 Å². The third kappa shape index (κ3) is 3.97. The maximum Gasteiger partial charge on any atom is 0.264 e. The molecule has 1 aromatic heterocycles. The minimum atomic E-state index is -3.40. The molecule has 128 valence electrons. The van der Waals surface area contributed by atoms with Crippen LogP contribution >= 0.6 is 22.9 Å². The largest absolute Gasteiger partial charge is 0.335 e. The standard InChI is InChI=1S/C16H17ClN2O3S2/c17-14-5-3-13(4-6-14)12-24(21,22)19-9-7-18(8-10-19)16(20)15-2-1-11-23-15/h1-6,11H,7-10,12H2. The molecular formula is C16H17ClN2O3S2. The van der Waals surface area contributed by atoms with Gasteiger partial charge in [0.1, 0.15) is 0 Å². The van der Waals surface area contributed by atoms with E-state index in [1.54, 1.807) is 35.2 Å². The molecule has 1 aliphatic rings. The number of benzene rings is 1. The van der Waals surface area contributed by atoms with Gasteiger partial charge in [0.15, 0.2) is 0 Å². The van der Waals surface area contributed by atoms with Gasteiger partial charge in [-0.05, 0) is 29.1 Å². The molecular weight excluding hydrogens is 368 g/mol. The second-order valence-electron chi connectivity index (χ2n) is 5.55. The lowest BCUT2D eigenvalue weighted by molar-refractivity contribution is 0.0702. The van der Waals surface area contributed by atoms with Crippen LogP contribution < -0.4 is 0 Å². The van der Waals surface area contributed by atoms with Crippen molar-refractivity contribution in [3.63, 3.8) is 0 Å². The number of piperazine rings is 1. The fourth-order valence-electron chi connectivity index (χ4n) is 2.61. The summed E-state index contributed by atoms with van der Waals surface area (Å²) in [6.45, 7) is 1.48. The van der Waals surface area contributed by atoms with Crippen molar-refractivity contribution in [2.75, 3.05) is 26.2 Å². The first-order valence-electron chi connectivity index (χ1n) is 7.51. The summed E-state index contributed by atoms with van der Waals surface area (Å²) in [6.07, 6.45) is 0. The molecule has 24 heavy (non-hydrogen) atoms. The van der Waals surface area contributed by atoms with Crippen LogP contribution in [0.1, 0.15) is 15.2 Å². The van der Waals surface area contributed by atoms with E-state index in [0.29, 0.717) is 41.6 Å². The summed E-state index contributed by atoms with van der Waals surface area (Å²) in [5.74, 6) is -0.0805. The summed E-state index contributed by atoms with van der Waals surface area (Å²) < 4.78 is 26.5. The quantitative estimate of drug-likeness (QED) is 0.814. The summed E-state index contributed by atoms with van der Waals surface area (Å²) in [5.41, 5.74) is 0.705. The number of amides is 1. The minimum Gasteiger partial charge on any atom is -0.335 e. The first kappa shape index (κ1) is 17.4. The molecule has 1 fully saturated rings. The monoisotopic (exact) mass is 384 g/mol. The predicted molar refractivity (Wildman–Crippen MR) is 95.9 cm³/mol. The SMILES string of the molecule is O=C(c1cccs1)N1CCN(S(=O)(=O)Cc2ccc(Cl)cc2)CC1. The molecule has 1 amide bonds. The van der Waals surface area contributed by atoms with Crippen molar-refractivity contribution >= 4 is 38.9 Å². The molecule has 1 aliphatic heterocycles. The lowest BCUT2D eigenvalue weighted by Gasteiger charge is -2.33. The van der Waals surface area contributed by atoms with Gasteiger partial charge in [-0.3, -0.25) is 4.79 Å². The fourth-order valence-corrected chi connectivity index (χ4v) is 4.94. The van der Waals surface area contributed by atoms with E-state index in [0.717, 1.165) is 0 Å². The highest BCUT2D eigenvalue weighted by Gasteiger charge is 2.29. The normalized spacial score (nSPS) is 16.3. The molecule has 2 heterocycles. The molecule has 3 rings (SSSR count). The number of rotatable bonds is 4. The molecule has 0 radical (unpaired) electrons. The van der Waals surface area contributed by atoms with Gasteiger partial charge in [0.25, 0.3) is 5.91 Å². The summed E-state index contributed by atoms with van der Waals surface area (Å²) >= 11 is 7.22. The zero-order valence-corrected chi connectivity index (χ0v) is 15.3. The fraction of sp³-hybridized carbons (Fsp3) is 0.312. The van der Waals surface area contributed by atoms with E-state index < -0.39 is 10.0 Å². The number of sulfonamides is 1. The Labute approximate surface area is 150 Å². The number of nitrogens with zero attached hydrogens (tertiary/aromatic N) is 2. The van der Waals surface area contributed by atoms with E-state index in [2.05, 4.69) is 0 Å². The smallest absolute Gasteiger partial charge is 0.264 e. The number of thiophene rings is 1. The Bertz CT molecular complexity index is 796. The Hall–Kier alpha value is -1.41. The average molecular weight is 385 g/mol. The van der Waals surface area contributed by atoms with Crippen molar-refractivity contribution in [2.24, 2.45) is 0 Å². The number of hydrogen-bond acceptors (Lipinski definition) is 4. The van der Waals surface area contributed by atoms with Crippen LogP contribution in [-0.2, 0) is 15.8 Å². The predicted octanol–water partition coefficient (Wildman–Crippen LogP) is 2.69. The van der Waals surface area contributed by atoms with Gasteiger partial charge in [0, 0.05) is 31.2 Å². The lowest BCUT2D eigenvalue weighted by Crippen LogP contribution is -2.50. The Morgan fingerprint density at radius 3 is 2.33 bits per heavy atom. The third-order valence-corrected chi connectivity index (χ3v) is 6.87. The first-order chi connectivity index (χ1) is 11.5. The summed E-state index contributed by atoms with van der Waals surface area (Å²) in [4.78, 5) is 14.7. The van der Waals surface area contributed by atoms with Gasteiger partial charge in [0.05, 0.1) is 10.6 Å². The van der Waals surface area contributed by atoms with Gasteiger partial charge in [-0.25, -0.2) is 8.42 Å². The van der Waals surface area contributed by atoms with E-state index in [1.165, 1.54) is 15.6 Å². The highest BCUT2D eigenvalue weighted by Crippen LogP contribution is 2.18. The molecule has 1 aromatic carbocycles. The van der Waals surface area contributed by atoms with Gasteiger partial charge < -0.3 is 4.90 Å². The minimum absolute atomic E-state index is 0.0280. The van der Waals surface area contributed by atoms with Crippen molar-refractivity contribution in [2.45, 2.75) is 5.75 Å². The highest BCUT2D eigenvalue weighted by atomic mass is 35.5. The van der Waals surface area contributed by atoms with Crippen LogP contribution in [0.4, 0.5) is 0 Å². The van der Waals surface area contributed by atoms with Crippen molar-refractivity contribution in [1.82, 2.24) is 9.21 Å².